The Kier molecular flexibility index (Phi) is 216. The van der Waals surface area contributed by atoms with Gasteiger partial charge < -0.3 is 0 Å². The predicted molar refractivity (Wildman–Crippen MR) is 11.5 cm³/mol. The average molecular weight is 382 g/mol. The van der Waals surface area contributed by atoms with Crippen LogP contribution >= 0.6 is 0 Å². The molecule has 0 N–H and O–H groups in total. The molecule has 0 rings (SSSR count). The molecule has 0 aromatic heterocycles. The Labute approximate surface area is 102 Å². The molecule has 0 aliphatic rings. The van der Waals surface area contributed by atoms with Gasteiger partial charge in [-0.25, -0.2) is 0 Å². The summed E-state index contributed by atoms with van der Waals surface area (Å²) in [5.41, 5.74) is 0. The molecule has 5 heavy (non-hydrogen) atoms. The van der Waals surface area contributed by atoms with Gasteiger partial charge in [-0.2, -0.15) is 0 Å². The summed E-state index contributed by atoms with van der Waals surface area (Å²) in [6.07, 6.45) is 0. The zero-order chi connectivity index (χ0) is 0. The van der Waals surface area contributed by atoms with Gasteiger partial charge in [0.2, 0.25) is 0 Å². The van der Waals surface area contributed by atoms with Crippen molar-refractivity contribution in [2.24, 2.45) is 0 Å². The van der Waals surface area contributed by atoms with Crippen LogP contribution < -0.4 is 0 Å². The van der Waals surface area contributed by atoms with Crippen molar-refractivity contribution < 1.29 is 69.0 Å². The second-order valence-electron chi connectivity index (χ2n) is 0. The number of hydrogen-bond donors (Lipinski definition) is 0. The van der Waals surface area contributed by atoms with E-state index in [1.54, 1.807) is 0 Å². The van der Waals surface area contributed by atoms with Gasteiger partial charge >= 0.3 is 0 Å². The van der Waals surface area contributed by atoms with Crippen molar-refractivity contribution >= 4 is 34.9 Å². The van der Waals surface area contributed by atoms with Gasteiger partial charge in [-0.3, -0.25) is 0 Å². The van der Waals surface area contributed by atoms with Crippen LogP contribution in [-0.4, -0.2) is 34.9 Å². The summed E-state index contributed by atoms with van der Waals surface area (Å²) in [5.74, 6) is 0. The van der Waals surface area contributed by atoms with E-state index in [1.807, 2.05) is 0 Å². The van der Waals surface area contributed by atoms with Crippen LogP contribution in [0.3, 0.4) is 0 Å². The molecular weight excluding hydrogens is 382 g/mol. The molecule has 0 fully saturated rings. The molecule has 5 heteroatoms. The first-order chi connectivity index (χ1) is 0. The van der Waals surface area contributed by atoms with Crippen molar-refractivity contribution in [3.63, 3.8) is 0 Å². The fourth-order valence-corrected chi connectivity index (χ4v) is 0. The molecule has 0 atom stereocenters. The molecule has 0 heterocycles. The zero-order valence-electron chi connectivity index (χ0n) is 2.41. The summed E-state index contributed by atoms with van der Waals surface area (Å²) in [6, 6.07) is 0. The molecule has 0 aromatic carbocycles. The van der Waals surface area contributed by atoms with E-state index in [0.29, 0.717) is 0 Å². The van der Waals surface area contributed by atoms with Gasteiger partial charge in [-0.15, -0.1) is 0 Å². The standard InChI is InChI=1S/Mo.Si.Sn.Ti.Zr. The third kappa shape index (κ3) is 18.8. The first kappa shape index (κ1) is 40.6. The third-order valence-electron chi connectivity index (χ3n) is 0. The Bertz CT molecular complexity index is 11.6. The normalized spacial score (nSPS) is 0. The van der Waals surface area contributed by atoms with Crippen LogP contribution in [0.5, 0.6) is 0 Å². The van der Waals surface area contributed by atoms with Gasteiger partial charge in [-0.05, 0) is 0 Å². The minimum atomic E-state index is 0. The maximum absolute atomic E-state index is 0. The van der Waals surface area contributed by atoms with E-state index >= 15 is 0 Å². The summed E-state index contributed by atoms with van der Waals surface area (Å²) in [5, 5.41) is 0. The molecule has 0 saturated carbocycles. The maximum Gasteiger partial charge on any atom is 0 e. The fourth-order valence-electron chi connectivity index (χ4n) is 0. The van der Waals surface area contributed by atoms with Gasteiger partial charge in [0, 0.05) is 104 Å². The summed E-state index contributed by atoms with van der Waals surface area (Å²) < 4.78 is 0. The molecule has 0 amide bonds. The molecule has 0 spiro atoms. The average Bonchev–Trinajstić information content (AvgIpc) is 0. The topological polar surface area (TPSA) is 0 Å². The number of hydrogen-bond acceptors (Lipinski definition) is 0. The van der Waals surface area contributed by atoms with E-state index in [9.17, 15) is 0 Å². The summed E-state index contributed by atoms with van der Waals surface area (Å²) in [7, 11) is 0. The minimum absolute atomic E-state index is 0. The van der Waals surface area contributed by atoms with E-state index in [2.05, 4.69) is 0 Å². The number of rotatable bonds is 0. The molecule has 8 radical (unpaired) electrons. The van der Waals surface area contributed by atoms with Gasteiger partial charge in [0.15, 0.2) is 0 Å². The van der Waals surface area contributed by atoms with E-state index in [4.69, 9.17) is 0 Å². The van der Waals surface area contributed by atoms with Gasteiger partial charge in [0.05, 0.1) is 0 Å². The second-order valence-corrected chi connectivity index (χ2v) is 0. The molecule has 0 nitrogen and oxygen atoms in total. The molecule has 0 bridgehead atoms. The van der Waals surface area contributed by atoms with Crippen LogP contribution in [-0.2, 0) is 69.0 Å². The van der Waals surface area contributed by atoms with Gasteiger partial charge in [0.25, 0.3) is 0 Å². The van der Waals surface area contributed by atoms with Crippen molar-refractivity contribution in [3.8, 4) is 0 Å². The van der Waals surface area contributed by atoms with Crippen molar-refractivity contribution in [1.29, 1.82) is 0 Å². The van der Waals surface area contributed by atoms with E-state index < -0.39 is 0 Å². The molecule has 0 aliphatic carbocycles. The Morgan fingerprint density at radius 2 is 1.00 bits per heavy atom. The second kappa shape index (κ2) is 26.6. The van der Waals surface area contributed by atoms with E-state index in [0.717, 1.165) is 0 Å². The molecule has 0 saturated heterocycles. The van der Waals surface area contributed by atoms with Gasteiger partial charge in [0.1, 0.15) is 0 Å². The van der Waals surface area contributed by atoms with Crippen molar-refractivity contribution in [2.45, 2.75) is 0 Å². The van der Waals surface area contributed by atoms with Crippen molar-refractivity contribution in [1.82, 2.24) is 0 Å². The van der Waals surface area contributed by atoms with Gasteiger partial charge in [-0.1, -0.05) is 0 Å². The fraction of sp³-hybridized carbons (Fsp3) is 0. The van der Waals surface area contributed by atoms with E-state index in [1.165, 1.54) is 0 Å². The summed E-state index contributed by atoms with van der Waals surface area (Å²) in [6.45, 7) is 0. The van der Waals surface area contributed by atoms with Crippen LogP contribution in [0.4, 0.5) is 0 Å². The predicted octanol–water partition coefficient (Wildman–Crippen LogP) is -0.769. The maximum atomic E-state index is 0. The summed E-state index contributed by atoms with van der Waals surface area (Å²) >= 11 is 0. The smallest absolute Gasteiger partial charge is 0 e. The molecule has 0 aliphatic heterocycles. The first-order valence-corrected chi connectivity index (χ1v) is 0. The molecule has 0 unspecified atom stereocenters. The summed E-state index contributed by atoms with van der Waals surface area (Å²) in [4.78, 5) is 0. The molecular formula is MoSiSnTiZr. The molecule has 0 aromatic rings. The van der Waals surface area contributed by atoms with Crippen molar-refractivity contribution in [3.05, 3.63) is 0 Å². The Balaban J connectivity index is 0. The first-order valence-electron chi connectivity index (χ1n) is 0. The van der Waals surface area contributed by atoms with Crippen LogP contribution in [0.2, 0.25) is 0 Å². The Morgan fingerprint density at radius 3 is 1.00 bits per heavy atom. The third-order valence-corrected chi connectivity index (χ3v) is 0. The van der Waals surface area contributed by atoms with Crippen LogP contribution in [0.25, 0.3) is 0 Å². The van der Waals surface area contributed by atoms with Crippen molar-refractivity contribution in [2.75, 3.05) is 0 Å². The monoisotopic (exact) mass is 384 g/mol. The Morgan fingerprint density at radius 1 is 1.00 bits per heavy atom. The largest absolute Gasteiger partial charge is 0 e. The Hall–Kier alpha value is 3.30. The van der Waals surface area contributed by atoms with Crippen LogP contribution in [0, 0.1) is 0 Å². The molecule has 22 valence electrons. The minimum Gasteiger partial charge on any atom is 0 e. The van der Waals surface area contributed by atoms with Crippen LogP contribution in [0.1, 0.15) is 0 Å². The van der Waals surface area contributed by atoms with E-state index in [-0.39, 0.29) is 104 Å². The quantitative estimate of drug-likeness (QED) is 0.484. The SMILES string of the molecule is [Mo].[Si].[Sn].[Ti].[Zr]. The van der Waals surface area contributed by atoms with Crippen LogP contribution in [0.15, 0.2) is 0 Å². The zero-order valence-corrected chi connectivity index (χ0v) is 12.3.